The maximum Gasteiger partial charge on any atom is 0.242 e. The van der Waals surface area contributed by atoms with Crippen LogP contribution in [0.25, 0.3) is 0 Å². The molecule has 0 bridgehead atoms. The first-order valence-electron chi connectivity index (χ1n) is 8.19. The molecule has 1 fully saturated rings. The van der Waals surface area contributed by atoms with E-state index in [4.69, 9.17) is 13.9 Å². The Labute approximate surface area is 143 Å². The number of nitrogens with zero attached hydrogens (tertiary/aromatic N) is 3. The second-order valence-electron chi connectivity index (χ2n) is 6.36. The third kappa shape index (κ3) is 3.34. The molecule has 0 radical (unpaired) electrons. The van der Waals surface area contributed by atoms with Crippen molar-refractivity contribution in [1.29, 1.82) is 0 Å². The van der Waals surface area contributed by atoms with Crippen LogP contribution in [0, 0.1) is 5.82 Å². The van der Waals surface area contributed by atoms with Crippen molar-refractivity contribution in [3.63, 3.8) is 0 Å². The zero-order valence-electron chi connectivity index (χ0n) is 13.8. The minimum Gasteiger partial charge on any atom is -0.492 e. The van der Waals surface area contributed by atoms with E-state index >= 15 is 0 Å². The quantitative estimate of drug-likeness (QED) is 0.837. The van der Waals surface area contributed by atoms with Crippen LogP contribution < -0.4 is 4.74 Å². The van der Waals surface area contributed by atoms with Gasteiger partial charge < -0.3 is 18.8 Å². The van der Waals surface area contributed by atoms with Gasteiger partial charge in [-0.3, -0.25) is 4.79 Å². The molecular weight excluding hydrogens is 329 g/mol. The Morgan fingerprint density at radius 2 is 2.24 bits per heavy atom. The van der Waals surface area contributed by atoms with Gasteiger partial charge in [-0.2, -0.15) is 0 Å². The summed E-state index contributed by atoms with van der Waals surface area (Å²) in [6, 6.07) is 4.49. The van der Waals surface area contributed by atoms with Crippen LogP contribution in [0.3, 0.4) is 0 Å². The molecule has 0 saturated carbocycles. The second-order valence-corrected chi connectivity index (χ2v) is 6.36. The molecule has 7 nitrogen and oxygen atoms in total. The number of ether oxygens (including phenoxy) is 2. The summed E-state index contributed by atoms with van der Waals surface area (Å²) in [6.07, 6.45) is 0.596. The van der Waals surface area contributed by atoms with Gasteiger partial charge >= 0.3 is 0 Å². The van der Waals surface area contributed by atoms with E-state index in [2.05, 4.69) is 10.2 Å². The fraction of sp³-hybridized carbons (Fsp3) is 0.471. The topological polar surface area (TPSA) is 77.7 Å². The van der Waals surface area contributed by atoms with E-state index in [1.807, 2.05) is 0 Å². The molecule has 25 heavy (non-hydrogen) atoms. The highest BCUT2D eigenvalue weighted by molar-refractivity contribution is 5.74. The van der Waals surface area contributed by atoms with Crippen LogP contribution in [0.1, 0.15) is 30.2 Å². The van der Waals surface area contributed by atoms with Crippen molar-refractivity contribution in [3.8, 4) is 5.75 Å². The van der Waals surface area contributed by atoms with Crippen molar-refractivity contribution in [1.82, 2.24) is 15.1 Å². The molecule has 2 aliphatic rings. The van der Waals surface area contributed by atoms with E-state index in [1.165, 1.54) is 19.1 Å². The molecule has 0 spiro atoms. The normalized spacial score (nSPS) is 19.9. The van der Waals surface area contributed by atoms with Crippen LogP contribution in [0.15, 0.2) is 22.6 Å². The second kappa shape index (κ2) is 6.44. The number of fused-ring (bicyclic) bond motifs is 1. The summed E-state index contributed by atoms with van der Waals surface area (Å²) in [5.41, 5.74) is 0.797. The molecule has 1 unspecified atom stereocenters. The lowest BCUT2D eigenvalue weighted by Crippen LogP contribution is -2.53. The number of hydrogen-bond acceptors (Lipinski definition) is 6. The minimum atomic E-state index is -0.289. The van der Waals surface area contributed by atoms with Gasteiger partial charge in [-0.15, -0.1) is 10.2 Å². The Kier molecular flexibility index (Phi) is 4.12. The van der Waals surface area contributed by atoms with Gasteiger partial charge in [0.2, 0.25) is 17.7 Å². The average Bonchev–Trinajstić information content (AvgIpc) is 3.01. The van der Waals surface area contributed by atoms with Crippen LogP contribution >= 0.6 is 0 Å². The SMILES string of the molecule is CC(=O)N1CC(OCc2nnc(C3COc4ccc(F)cc4C3)o2)C1. The van der Waals surface area contributed by atoms with Gasteiger partial charge in [-0.05, 0) is 30.2 Å². The van der Waals surface area contributed by atoms with Gasteiger partial charge in [0.25, 0.3) is 0 Å². The maximum absolute atomic E-state index is 13.4. The van der Waals surface area contributed by atoms with Gasteiger partial charge in [-0.25, -0.2) is 4.39 Å². The largest absolute Gasteiger partial charge is 0.492 e. The fourth-order valence-corrected chi connectivity index (χ4v) is 3.00. The molecule has 2 aromatic rings. The zero-order valence-corrected chi connectivity index (χ0v) is 13.8. The molecule has 1 atom stereocenters. The molecule has 1 aromatic carbocycles. The summed E-state index contributed by atoms with van der Waals surface area (Å²) < 4.78 is 30.3. The van der Waals surface area contributed by atoms with Crippen molar-refractivity contribution in [2.24, 2.45) is 0 Å². The van der Waals surface area contributed by atoms with Gasteiger partial charge in [0, 0.05) is 20.0 Å². The van der Waals surface area contributed by atoms with Crippen LogP contribution in [0.5, 0.6) is 5.75 Å². The number of carbonyl (C=O) groups is 1. The van der Waals surface area contributed by atoms with Crippen molar-refractivity contribution >= 4 is 5.91 Å². The zero-order chi connectivity index (χ0) is 17.4. The first kappa shape index (κ1) is 16.0. The maximum atomic E-state index is 13.4. The van der Waals surface area contributed by atoms with Crippen LogP contribution in [0.4, 0.5) is 4.39 Å². The smallest absolute Gasteiger partial charge is 0.242 e. The van der Waals surface area contributed by atoms with E-state index in [0.717, 1.165) is 5.56 Å². The lowest BCUT2D eigenvalue weighted by Gasteiger charge is -2.37. The predicted molar refractivity (Wildman–Crippen MR) is 83.5 cm³/mol. The Morgan fingerprint density at radius 3 is 3.04 bits per heavy atom. The molecule has 1 aromatic heterocycles. The van der Waals surface area contributed by atoms with E-state index in [0.29, 0.717) is 43.6 Å². The molecular formula is C17H18FN3O4. The van der Waals surface area contributed by atoms with E-state index in [9.17, 15) is 9.18 Å². The third-order valence-electron chi connectivity index (χ3n) is 4.50. The molecule has 4 rings (SSSR count). The van der Waals surface area contributed by atoms with E-state index in [1.54, 1.807) is 11.0 Å². The summed E-state index contributed by atoms with van der Waals surface area (Å²) >= 11 is 0. The summed E-state index contributed by atoms with van der Waals surface area (Å²) in [4.78, 5) is 12.8. The molecule has 0 N–H and O–H groups in total. The van der Waals surface area contributed by atoms with Crippen LogP contribution in [-0.2, 0) is 22.6 Å². The summed E-state index contributed by atoms with van der Waals surface area (Å²) in [7, 11) is 0. The number of carbonyl (C=O) groups excluding carboxylic acids is 1. The highest BCUT2D eigenvalue weighted by atomic mass is 19.1. The van der Waals surface area contributed by atoms with Crippen molar-refractivity contribution in [2.75, 3.05) is 19.7 Å². The van der Waals surface area contributed by atoms with Crippen molar-refractivity contribution in [3.05, 3.63) is 41.4 Å². The molecule has 0 aliphatic carbocycles. The molecule has 132 valence electrons. The highest BCUT2D eigenvalue weighted by Crippen LogP contribution is 2.32. The van der Waals surface area contributed by atoms with Gasteiger partial charge in [0.1, 0.15) is 24.8 Å². The molecule has 1 saturated heterocycles. The number of likely N-dealkylation sites (tertiary alicyclic amines) is 1. The number of benzene rings is 1. The summed E-state index contributed by atoms with van der Waals surface area (Å²) in [5.74, 6) is 1.21. The van der Waals surface area contributed by atoms with Crippen molar-refractivity contribution < 1.29 is 23.1 Å². The third-order valence-corrected chi connectivity index (χ3v) is 4.50. The van der Waals surface area contributed by atoms with Crippen molar-refractivity contribution in [2.45, 2.75) is 32.0 Å². The Hall–Kier alpha value is -2.48. The number of rotatable bonds is 4. The first-order chi connectivity index (χ1) is 12.1. The Bertz CT molecular complexity index is 788. The predicted octanol–water partition coefficient (Wildman–Crippen LogP) is 1.67. The summed E-state index contributed by atoms with van der Waals surface area (Å²) in [5, 5.41) is 8.06. The van der Waals surface area contributed by atoms with E-state index < -0.39 is 0 Å². The van der Waals surface area contributed by atoms with E-state index in [-0.39, 0.29) is 30.4 Å². The first-order valence-corrected chi connectivity index (χ1v) is 8.19. The van der Waals surface area contributed by atoms with Crippen LogP contribution in [-0.4, -0.2) is 46.8 Å². The van der Waals surface area contributed by atoms with Gasteiger partial charge in [0.15, 0.2) is 0 Å². The number of hydrogen-bond donors (Lipinski definition) is 0. The lowest BCUT2D eigenvalue weighted by atomic mass is 9.97. The molecule has 1 amide bonds. The number of amides is 1. The monoisotopic (exact) mass is 347 g/mol. The summed E-state index contributed by atoms with van der Waals surface area (Å²) in [6.45, 7) is 3.35. The Balaban J connectivity index is 1.33. The minimum absolute atomic E-state index is 0.00659. The molecule has 3 heterocycles. The number of halogens is 1. The molecule has 2 aliphatic heterocycles. The van der Waals surface area contributed by atoms with Gasteiger partial charge in [-0.1, -0.05) is 0 Å². The molecule has 8 heteroatoms. The van der Waals surface area contributed by atoms with Crippen LogP contribution in [0.2, 0.25) is 0 Å². The average molecular weight is 347 g/mol. The fourth-order valence-electron chi connectivity index (χ4n) is 3.00. The number of aromatic nitrogens is 2. The lowest BCUT2D eigenvalue weighted by molar-refractivity contribution is -0.143. The Morgan fingerprint density at radius 1 is 1.40 bits per heavy atom. The highest BCUT2D eigenvalue weighted by Gasteiger charge is 2.30. The van der Waals surface area contributed by atoms with Gasteiger partial charge in [0.05, 0.1) is 12.0 Å². The standard InChI is InChI=1S/C17H18FN3O4/c1-10(22)21-6-14(7-21)23-9-16-19-20-17(25-16)12-4-11-5-13(18)2-3-15(11)24-8-12/h2-3,5,12,14H,4,6-9H2,1H3.